The van der Waals surface area contributed by atoms with Crippen molar-refractivity contribution in [3.05, 3.63) is 45.8 Å². The Morgan fingerprint density at radius 2 is 2.00 bits per heavy atom. The van der Waals surface area contributed by atoms with E-state index in [0.717, 1.165) is 0 Å². The van der Waals surface area contributed by atoms with Crippen molar-refractivity contribution in [1.82, 2.24) is 0 Å². The number of benzene rings is 1. The van der Waals surface area contributed by atoms with Crippen molar-refractivity contribution < 1.29 is 18.3 Å². The molecule has 0 bridgehead atoms. The standard InChI is InChI=1S/C14H17F2N3O2.CH4/c1-8-6-13(18-19-17)14(9(2)21-8)20-7-10-11(15)4-3-5-12(10)16;/h3-5,8-9,13-14H,6-7H2,1-2H3;1H4. The molecule has 0 saturated carbocycles. The third-order valence-electron chi connectivity index (χ3n) is 3.54. The normalized spacial score (nSPS) is 27.6. The molecule has 0 aliphatic carbocycles. The van der Waals surface area contributed by atoms with Gasteiger partial charge in [0.15, 0.2) is 0 Å². The predicted octanol–water partition coefficient (Wildman–Crippen LogP) is 4.36. The van der Waals surface area contributed by atoms with Crippen molar-refractivity contribution in [1.29, 1.82) is 0 Å². The van der Waals surface area contributed by atoms with Gasteiger partial charge in [-0.2, -0.15) is 0 Å². The van der Waals surface area contributed by atoms with E-state index in [9.17, 15) is 8.78 Å². The monoisotopic (exact) mass is 313 g/mol. The summed E-state index contributed by atoms with van der Waals surface area (Å²) in [6.07, 6.45) is -0.394. The molecular weight excluding hydrogens is 292 g/mol. The van der Waals surface area contributed by atoms with Crippen LogP contribution in [0.1, 0.15) is 33.3 Å². The first-order valence-corrected chi connectivity index (χ1v) is 6.77. The minimum absolute atomic E-state index is 0. The third kappa shape index (κ3) is 4.16. The lowest BCUT2D eigenvalue weighted by Gasteiger charge is -2.37. The Kier molecular flexibility index (Phi) is 6.74. The first kappa shape index (κ1) is 18.4. The zero-order valence-corrected chi connectivity index (χ0v) is 11.9. The Morgan fingerprint density at radius 3 is 2.59 bits per heavy atom. The van der Waals surface area contributed by atoms with Gasteiger partial charge < -0.3 is 9.47 Å². The maximum absolute atomic E-state index is 13.6. The summed E-state index contributed by atoms with van der Waals surface area (Å²) in [7, 11) is 0. The molecule has 0 radical (unpaired) electrons. The van der Waals surface area contributed by atoms with Crippen LogP contribution in [0, 0.1) is 11.6 Å². The number of halogens is 2. The summed E-state index contributed by atoms with van der Waals surface area (Å²) >= 11 is 0. The molecule has 4 atom stereocenters. The van der Waals surface area contributed by atoms with Gasteiger partial charge in [-0.25, -0.2) is 8.78 Å². The number of nitrogens with zero attached hydrogens (tertiary/aromatic N) is 3. The van der Waals surface area contributed by atoms with Crippen LogP contribution in [0.15, 0.2) is 23.3 Å². The topological polar surface area (TPSA) is 67.2 Å². The van der Waals surface area contributed by atoms with E-state index in [-0.39, 0.29) is 31.8 Å². The molecule has 122 valence electrons. The van der Waals surface area contributed by atoms with Crippen LogP contribution < -0.4 is 0 Å². The van der Waals surface area contributed by atoms with E-state index in [1.165, 1.54) is 18.2 Å². The number of hydrogen-bond acceptors (Lipinski definition) is 3. The van der Waals surface area contributed by atoms with Crippen LogP contribution in [-0.2, 0) is 16.1 Å². The minimum atomic E-state index is -0.659. The molecule has 1 heterocycles. The van der Waals surface area contributed by atoms with Gasteiger partial charge in [-0.3, -0.25) is 0 Å². The summed E-state index contributed by atoms with van der Waals surface area (Å²) in [5, 5.41) is 3.71. The Labute approximate surface area is 128 Å². The fourth-order valence-electron chi connectivity index (χ4n) is 2.56. The van der Waals surface area contributed by atoms with Gasteiger partial charge in [-0.05, 0) is 37.9 Å². The molecule has 0 N–H and O–H groups in total. The zero-order chi connectivity index (χ0) is 15.4. The summed E-state index contributed by atoms with van der Waals surface area (Å²) in [5.74, 6) is -1.32. The Bertz CT molecular complexity index is 529. The molecule has 1 aliphatic heterocycles. The molecule has 2 rings (SSSR count). The first-order valence-electron chi connectivity index (χ1n) is 6.77. The summed E-state index contributed by atoms with van der Waals surface area (Å²) in [5.41, 5.74) is 8.49. The number of rotatable bonds is 4. The summed E-state index contributed by atoms with van der Waals surface area (Å²) in [6, 6.07) is 3.24. The van der Waals surface area contributed by atoms with E-state index < -0.39 is 23.8 Å². The molecular formula is C15H21F2N3O2. The Hall–Kier alpha value is -1.69. The molecule has 22 heavy (non-hydrogen) atoms. The number of hydrogen-bond donors (Lipinski definition) is 0. The smallest absolute Gasteiger partial charge is 0.131 e. The van der Waals surface area contributed by atoms with Crippen molar-refractivity contribution >= 4 is 0 Å². The predicted molar refractivity (Wildman–Crippen MR) is 79.2 cm³/mol. The molecule has 1 fully saturated rings. The van der Waals surface area contributed by atoms with Crippen LogP contribution in [0.5, 0.6) is 0 Å². The minimum Gasteiger partial charge on any atom is -0.373 e. The number of ether oxygens (including phenoxy) is 2. The van der Waals surface area contributed by atoms with Crippen molar-refractivity contribution in [2.75, 3.05) is 0 Å². The SMILES string of the molecule is C.CC1CC(N=[N+]=[N-])C(OCc2c(F)cccc2F)C(C)O1. The molecule has 1 aromatic carbocycles. The van der Waals surface area contributed by atoms with Gasteiger partial charge in [0.1, 0.15) is 11.6 Å². The van der Waals surface area contributed by atoms with E-state index in [2.05, 4.69) is 10.0 Å². The highest BCUT2D eigenvalue weighted by molar-refractivity contribution is 5.18. The maximum Gasteiger partial charge on any atom is 0.131 e. The lowest BCUT2D eigenvalue weighted by Crippen LogP contribution is -2.46. The van der Waals surface area contributed by atoms with Gasteiger partial charge in [0.05, 0.1) is 31.0 Å². The van der Waals surface area contributed by atoms with Crippen molar-refractivity contribution in [3.8, 4) is 0 Å². The molecule has 7 heteroatoms. The van der Waals surface area contributed by atoms with Crippen LogP contribution >= 0.6 is 0 Å². The van der Waals surface area contributed by atoms with E-state index in [1.807, 2.05) is 6.92 Å². The zero-order valence-electron chi connectivity index (χ0n) is 11.9. The molecule has 1 aliphatic rings. The molecule has 4 unspecified atom stereocenters. The lowest BCUT2D eigenvalue weighted by atomic mass is 9.97. The molecule has 0 spiro atoms. The Balaban J connectivity index is 0.00000242. The Morgan fingerprint density at radius 1 is 1.36 bits per heavy atom. The van der Waals surface area contributed by atoms with Gasteiger partial charge >= 0.3 is 0 Å². The summed E-state index contributed by atoms with van der Waals surface area (Å²) in [4.78, 5) is 2.81. The first-order chi connectivity index (χ1) is 10.0. The van der Waals surface area contributed by atoms with Crippen LogP contribution in [0.3, 0.4) is 0 Å². The average Bonchev–Trinajstić information content (AvgIpc) is 2.40. The second-order valence-electron chi connectivity index (χ2n) is 5.14. The lowest BCUT2D eigenvalue weighted by molar-refractivity contribution is -0.140. The fourth-order valence-corrected chi connectivity index (χ4v) is 2.56. The van der Waals surface area contributed by atoms with Gasteiger partial charge in [-0.15, -0.1) is 0 Å². The van der Waals surface area contributed by atoms with Crippen LogP contribution in [0.4, 0.5) is 8.78 Å². The van der Waals surface area contributed by atoms with Crippen molar-refractivity contribution in [2.45, 2.75) is 58.7 Å². The van der Waals surface area contributed by atoms with Crippen LogP contribution in [-0.4, -0.2) is 24.4 Å². The number of azide groups is 1. The van der Waals surface area contributed by atoms with Crippen molar-refractivity contribution in [2.24, 2.45) is 5.11 Å². The molecule has 1 saturated heterocycles. The van der Waals surface area contributed by atoms with E-state index in [0.29, 0.717) is 6.42 Å². The van der Waals surface area contributed by atoms with Crippen molar-refractivity contribution in [3.63, 3.8) is 0 Å². The largest absolute Gasteiger partial charge is 0.373 e. The highest BCUT2D eigenvalue weighted by atomic mass is 19.1. The summed E-state index contributed by atoms with van der Waals surface area (Å²) in [6.45, 7) is 3.43. The highest BCUT2D eigenvalue weighted by Gasteiger charge is 2.35. The van der Waals surface area contributed by atoms with Gasteiger partial charge in [0.2, 0.25) is 0 Å². The second-order valence-corrected chi connectivity index (χ2v) is 5.14. The van der Waals surface area contributed by atoms with E-state index in [1.54, 1.807) is 6.92 Å². The van der Waals surface area contributed by atoms with E-state index in [4.69, 9.17) is 15.0 Å². The fraction of sp³-hybridized carbons (Fsp3) is 0.600. The van der Waals surface area contributed by atoms with E-state index >= 15 is 0 Å². The van der Waals surface area contributed by atoms with Crippen LogP contribution in [0.2, 0.25) is 0 Å². The van der Waals surface area contributed by atoms with Gasteiger partial charge in [-0.1, -0.05) is 18.6 Å². The van der Waals surface area contributed by atoms with Gasteiger partial charge in [0, 0.05) is 10.5 Å². The van der Waals surface area contributed by atoms with Crippen LogP contribution in [0.25, 0.3) is 10.4 Å². The average molecular weight is 313 g/mol. The highest BCUT2D eigenvalue weighted by Crippen LogP contribution is 2.26. The summed E-state index contributed by atoms with van der Waals surface area (Å²) < 4.78 is 38.4. The molecule has 1 aromatic rings. The van der Waals surface area contributed by atoms with Gasteiger partial charge in [0.25, 0.3) is 0 Å². The third-order valence-corrected chi connectivity index (χ3v) is 3.54. The molecule has 0 amide bonds. The molecule has 0 aromatic heterocycles. The maximum atomic E-state index is 13.6. The quantitative estimate of drug-likeness (QED) is 0.471. The molecule has 5 nitrogen and oxygen atoms in total. The second kappa shape index (κ2) is 8.08.